The molecule has 0 saturated heterocycles. The highest BCUT2D eigenvalue weighted by molar-refractivity contribution is 7.83. The quantitative estimate of drug-likeness (QED) is 0.304. The molecule has 0 aliphatic heterocycles. The number of hydrogen-bond donors (Lipinski definition) is 2. The number of pyridine rings is 1. The van der Waals surface area contributed by atoms with Crippen molar-refractivity contribution in [1.82, 2.24) is 14.4 Å². The Balaban J connectivity index is 0.000000225. The monoisotopic (exact) mass is 501 g/mol. The fraction of sp³-hybridized carbons (Fsp3) is 0.346. The van der Waals surface area contributed by atoms with Crippen LogP contribution in [0.25, 0.3) is 21.7 Å². The van der Waals surface area contributed by atoms with Gasteiger partial charge in [0.1, 0.15) is 27.6 Å². The summed E-state index contributed by atoms with van der Waals surface area (Å²) in [5.74, 6) is 0. The summed E-state index contributed by atoms with van der Waals surface area (Å²) in [5.41, 5.74) is 0.777. The highest BCUT2D eigenvalue weighted by Gasteiger charge is 2.08. The van der Waals surface area contributed by atoms with E-state index in [1.807, 2.05) is 76.2 Å². The summed E-state index contributed by atoms with van der Waals surface area (Å²) in [5, 5.41) is 3.17. The van der Waals surface area contributed by atoms with Gasteiger partial charge in [0.05, 0.1) is 16.1 Å². The summed E-state index contributed by atoms with van der Waals surface area (Å²) >= 11 is 0. The minimum atomic E-state index is -1.15. The zero-order chi connectivity index (χ0) is 24.9. The molecular weight excluding hydrogens is 466 g/mol. The summed E-state index contributed by atoms with van der Waals surface area (Å²) in [7, 11) is -2.28. The Labute approximate surface area is 207 Å². The lowest BCUT2D eigenvalue weighted by Crippen LogP contribution is -2.27. The Morgan fingerprint density at radius 1 is 0.912 bits per heavy atom. The maximum atomic E-state index is 12.0. The molecule has 0 amide bonds. The molecular formula is C26H35N3O3S2. The number of aromatic nitrogens is 1. The minimum absolute atomic E-state index is 0.250. The van der Waals surface area contributed by atoms with Gasteiger partial charge in [-0.1, -0.05) is 33.8 Å². The molecule has 2 heterocycles. The van der Waals surface area contributed by atoms with Gasteiger partial charge in [0.15, 0.2) is 0 Å². The summed E-state index contributed by atoms with van der Waals surface area (Å²) in [6.45, 7) is 10.9. The normalized spacial score (nSPS) is 13.3. The van der Waals surface area contributed by atoms with E-state index < -0.39 is 22.0 Å². The number of nitrogens with one attached hydrogen (secondary N) is 2. The SMILES string of the molecule is CC.CCC(C)NS(=O)c1ccc2ccncc2c1.CCCNS(=O)c1ccc2ccoc2c1. The van der Waals surface area contributed by atoms with E-state index in [0.29, 0.717) is 0 Å². The van der Waals surface area contributed by atoms with Crippen molar-refractivity contribution in [2.75, 3.05) is 6.54 Å². The van der Waals surface area contributed by atoms with Crippen molar-refractivity contribution >= 4 is 43.7 Å². The smallest absolute Gasteiger partial charge is 0.135 e. The van der Waals surface area contributed by atoms with Crippen molar-refractivity contribution in [3.05, 3.63) is 67.2 Å². The van der Waals surface area contributed by atoms with Crippen molar-refractivity contribution in [1.29, 1.82) is 0 Å². The Kier molecular flexibility index (Phi) is 12.1. The van der Waals surface area contributed by atoms with Gasteiger partial charge in [0.2, 0.25) is 0 Å². The number of nitrogens with zero attached hydrogens (tertiary/aromatic N) is 1. The van der Waals surface area contributed by atoms with E-state index in [-0.39, 0.29) is 6.04 Å². The maximum Gasteiger partial charge on any atom is 0.135 e. The van der Waals surface area contributed by atoms with Gasteiger partial charge in [-0.05, 0) is 67.6 Å². The standard InChI is InChI=1S/C13H16N2OS.C11H13NO2S.C2H6/c1-3-10(2)15-17(16)13-5-4-11-6-7-14-9-12(11)8-13;1-2-6-12-15(13)10-4-3-9-5-7-14-11(9)8-10;1-2/h4-10,15H,3H2,1-2H3;3-5,7-8,12H,2,6H2,1H3;1-2H3. The predicted octanol–water partition coefficient (Wildman–Crippen LogP) is 6.13. The van der Waals surface area contributed by atoms with E-state index in [0.717, 1.165) is 50.9 Å². The molecule has 8 heteroatoms. The van der Waals surface area contributed by atoms with E-state index in [1.54, 1.807) is 18.7 Å². The van der Waals surface area contributed by atoms with Crippen LogP contribution in [-0.4, -0.2) is 26.0 Å². The molecule has 0 aliphatic rings. The maximum absolute atomic E-state index is 12.0. The van der Waals surface area contributed by atoms with Crippen LogP contribution in [0.3, 0.4) is 0 Å². The van der Waals surface area contributed by atoms with Gasteiger partial charge in [-0.25, -0.2) is 17.9 Å². The van der Waals surface area contributed by atoms with E-state index in [4.69, 9.17) is 4.42 Å². The van der Waals surface area contributed by atoms with Gasteiger partial charge >= 0.3 is 0 Å². The molecule has 2 aromatic carbocycles. The van der Waals surface area contributed by atoms with Crippen molar-refractivity contribution in [3.8, 4) is 0 Å². The first-order valence-electron chi connectivity index (χ1n) is 11.7. The van der Waals surface area contributed by atoms with Crippen LogP contribution in [0.2, 0.25) is 0 Å². The summed E-state index contributed by atoms with van der Waals surface area (Å²) in [6, 6.07) is 15.5. The first-order valence-corrected chi connectivity index (χ1v) is 14.0. The molecule has 4 aromatic rings. The van der Waals surface area contributed by atoms with E-state index in [2.05, 4.69) is 21.4 Å². The van der Waals surface area contributed by atoms with Crippen LogP contribution in [0.15, 0.2) is 81.4 Å². The second-order valence-corrected chi connectivity index (χ2v) is 9.91. The predicted molar refractivity (Wildman–Crippen MR) is 143 cm³/mol. The van der Waals surface area contributed by atoms with E-state index >= 15 is 0 Å². The van der Waals surface area contributed by atoms with Crippen molar-refractivity contribution in [2.45, 2.75) is 63.3 Å². The van der Waals surface area contributed by atoms with Crippen molar-refractivity contribution < 1.29 is 12.8 Å². The second kappa shape index (κ2) is 14.8. The first kappa shape index (κ1) is 27.9. The van der Waals surface area contributed by atoms with E-state index in [1.165, 1.54) is 0 Å². The Bertz CT molecular complexity index is 1210. The zero-order valence-corrected chi connectivity index (χ0v) is 22.2. The van der Waals surface area contributed by atoms with Crippen LogP contribution in [0.4, 0.5) is 0 Å². The highest BCUT2D eigenvalue weighted by atomic mass is 32.2. The molecule has 0 fully saturated rings. The van der Waals surface area contributed by atoms with Crippen LogP contribution in [-0.2, 0) is 22.0 Å². The number of hydrogen-bond acceptors (Lipinski definition) is 4. The number of benzene rings is 2. The zero-order valence-electron chi connectivity index (χ0n) is 20.5. The van der Waals surface area contributed by atoms with Gasteiger partial charge < -0.3 is 4.42 Å². The molecule has 2 aromatic heterocycles. The largest absolute Gasteiger partial charge is 0.464 e. The van der Waals surface area contributed by atoms with Gasteiger partial charge in [-0.3, -0.25) is 4.98 Å². The topological polar surface area (TPSA) is 84.2 Å². The molecule has 3 unspecified atom stereocenters. The lowest BCUT2D eigenvalue weighted by molar-refractivity contribution is 0.614. The summed E-state index contributed by atoms with van der Waals surface area (Å²) < 4.78 is 35.0. The van der Waals surface area contributed by atoms with Crippen LogP contribution in [0.5, 0.6) is 0 Å². The first-order chi connectivity index (χ1) is 16.5. The molecule has 34 heavy (non-hydrogen) atoms. The molecule has 0 spiro atoms. The van der Waals surface area contributed by atoms with Gasteiger partial charge in [0.25, 0.3) is 0 Å². The minimum Gasteiger partial charge on any atom is -0.464 e. The second-order valence-electron chi connectivity index (χ2n) is 7.36. The van der Waals surface area contributed by atoms with Crippen LogP contribution >= 0.6 is 0 Å². The van der Waals surface area contributed by atoms with Gasteiger partial charge in [-0.15, -0.1) is 0 Å². The van der Waals surface area contributed by atoms with Crippen LogP contribution in [0, 0.1) is 0 Å². The average Bonchev–Trinajstić information content (AvgIpc) is 3.36. The third-order valence-corrected chi connectivity index (χ3v) is 7.32. The molecule has 0 aliphatic carbocycles. The highest BCUT2D eigenvalue weighted by Crippen LogP contribution is 2.18. The number of rotatable bonds is 8. The third-order valence-electron chi connectivity index (χ3n) is 4.87. The fourth-order valence-electron chi connectivity index (χ4n) is 2.84. The van der Waals surface area contributed by atoms with Gasteiger partial charge in [-0.2, -0.15) is 0 Å². The molecule has 6 nitrogen and oxygen atoms in total. The van der Waals surface area contributed by atoms with Crippen LogP contribution < -0.4 is 9.44 Å². The Hall–Kier alpha value is -2.39. The molecule has 3 atom stereocenters. The van der Waals surface area contributed by atoms with E-state index in [9.17, 15) is 8.42 Å². The number of fused-ring (bicyclic) bond motifs is 2. The lowest BCUT2D eigenvalue weighted by Gasteiger charge is -2.10. The average molecular weight is 502 g/mol. The van der Waals surface area contributed by atoms with Crippen LogP contribution in [0.1, 0.15) is 47.5 Å². The molecule has 0 radical (unpaired) electrons. The molecule has 4 rings (SSSR count). The lowest BCUT2D eigenvalue weighted by atomic mass is 10.2. The van der Waals surface area contributed by atoms with Crippen molar-refractivity contribution in [3.63, 3.8) is 0 Å². The Morgan fingerprint density at radius 2 is 1.62 bits per heavy atom. The number of furan rings is 1. The Morgan fingerprint density at radius 3 is 2.32 bits per heavy atom. The third kappa shape index (κ3) is 8.13. The molecule has 0 bridgehead atoms. The molecule has 2 N–H and O–H groups in total. The fourth-order valence-corrected chi connectivity index (χ4v) is 4.90. The molecule has 0 saturated carbocycles. The summed E-state index contributed by atoms with van der Waals surface area (Å²) in [4.78, 5) is 5.62. The van der Waals surface area contributed by atoms with Gasteiger partial charge in [0, 0.05) is 35.8 Å². The van der Waals surface area contributed by atoms with Crippen molar-refractivity contribution in [2.24, 2.45) is 0 Å². The summed E-state index contributed by atoms with van der Waals surface area (Å²) in [6.07, 6.45) is 7.11. The molecule has 184 valence electrons.